The molecule has 0 saturated carbocycles. The number of ether oxygens (including phenoxy) is 4. The average molecular weight is 498 g/mol. The third-order valence-electron chi connectivity index (χ3n) is 4.96. The number of hydrogen-bond donors (Lipinski definition) is 1. The lowest BCUT2D eigenvalue weighted by Gasteiger charge is -2.13. The van der Waals surface area contributed by atoms with Crippen molar-refractivity contribution in [2.75, 3.05) is 51.6 Å². The minimum Gasteiger partial charge on any atom is -0.460 e. The van der Waals surface area contributed by atoms with Gasteiger partial charge in [0.15, 0.2) is 0 Å². The highest BCUT2D eigenvalue weighted by Gasteiger charge is 2.30. The van der Waals surface area contributed by atoms with Crippen LogP contribution in [0.15, 0.2) is 48.5 Å². The molecule has 0 spiro atoms. The number of para-hydroxylation sites is 1. The molecule has 194 valence electrons. The van der Waals surface area contributed by atoms with Crippen molar-refractivity contribution in [3.63, 3.8) is 0 Å². The number of hydrogen-bond acceptors (Lipinski definition) is 6. The molecule has 0 radical (unpaired) electrons. The van der Waals surface area contributed by atoms with Gasteiger partial charge in [-0.05, 0) is 36.8 Å². The summed E-state index contributed by atoms with van der Waals surface area (Å²) >= 11 is 0. The maximum atomic E-state index is 13.0. The van der Waals surface area contributed by atoms with Crippen molar-refractivity contribution in [1.82, 2.24) is 0 Å². The van der Waals surface area contributed by atoms with Gasteiger partial charge in [-0.2, -0.15) is 13.2 Å². The van der Waals surface area contributed by atoms with Crippen molar-refractivity contribution < 1.29 is 36.9 Å². The smallest absolute Gasteiger partial charge is 0.416 e. The van der Waals surface area contributed by atoms with Crippen molar-refractivity contribution in [3.8, 4) is 0 Å². The lowest BCUT2D eigenvalue weighted by Crippen LogP contribution is -2.15. The van der Waals surface area contributed by atoms with E-state index in [-0.39, 0.29) is 24.5 Å². The topological polar surface area (TPSA) is 66.0 Å². The Morgan fingerprint density at radius 3 is 2.14 bits per heavy atom. The zero-order chi connectivity index (χ0) is 25.4. The van der Waals surface area contributed by atoms with Gasteiger partial charge in [-0.15, -0.1) is 0 Å². The Kier molecular flexibility index (Phi) is 13.2. The SMILES string of the molecule is CCCCCCOCCOCCOCCOC(=O)c1ccccc1Nc1cccc(C(F)(F)F)c1. The maximum absolute atomic E-state index is 13.0. The van der Waals surface area contributed by atoms with Crippen LogP contribution < -0.4 is 5.32 Å². The highest BCUT2D eigenvalue weighted by atomic mass is 19.4. The lowest BCUT2D eigenvalue weighted by atomic mass is 10.1. The number of carbonyl (C=O) groups is 1. The zero-order valence-corrected chi connectivity index (χ0v) is 20.1. The third-order valence-corrected chi connectivity index (χ3v) is 4.96. The number of anilines is 2. The molecule has 0 aliphatic heterocycles. The molecular weight excluding hydrogens is 463 g/mol. The van der Waals surface area contributed by atoms with Crippen molar-refractivity contribution in [2.24, 2.45) is 0 Å². The summed E-state index contributed by atoms with van der Waals surface area (Å²) in [6.45, 7) is 5.00. The monoisotopic (exact) mass is 497 g/mol. The second-order valence-electron chi connectivity index (χ2n) is 7.78. The van der Waals surface area contributed by atoms with Crippen LogP contribution in [0.4, 0.5) is 24.5 Å². The summed E-state index contributed by atoms with van der Waals surface area (Å²) in [6.07, 6.45) is 0.240. The van der Waals surface area contributed by atoms with Crippen LogP contribution in [-0.2, 0) is 25.1 Å². The Bertz CT molecular complexity index is 876. The summed E-state index contributed by atoms with van der Waals surface area (Å²) in [6, 6.07) is 11.2. The van der Waals surface area contributed by atoms with Gasteiger partial charge in [-0.1, -0.05) is 44.4 Å². The molecule has 1 N–H and O–H groups in total. The van der Waals surface area contributed by atoms with Gasteiger partial charge in [0, 0.05) is 12.3 Å². The molecule has 2 aromatic carbocycles. The van der Waals surface area contributed by atoms with Crippen LogP contribution in [0.3, 0.4) is 0 Å². The molecule has 0 heterocycles. The molecule has 0 atom stereocenters. The van der Waals surface area contributed by atoms with Gasteiger partial charge >= 0.3 is 12.1 Å². The van der Waals surface area contributed by atoms with Gasteiger partial charge in [0.1, 0.15) is 6.61 Å². The van der Waals surface area contributed by atoms with E-state index in [1.165, 1.54) is 31.4 Å². The second kappa shape index (κ2) is 16.1. The zero-order valence-electron chi connectivity index (χ0n) is 20.1. The molecule has 0 unspecified atom stereocenters. The molecule has 0 amide bonds. The predicted molar refractivity (Wildman–Crippen MR) is 128 cm³/mol. The van der Waals surface area contributed by atoms with E-state index >= 15 is 0 Å². The molecule has 35 heavy (non-hydrogen) atoms. The summed E-state index contributed by atoms with van der Waals surface area (Å²) in [5.74, 6) is -0.601. The molecule has 2 rings (SSSR count). The van der Waals surface area contributed by atoms with Gasteiger partial charge in [-0.3, -0.25) is 0 Å². The summed E-state index contributed by atoms with van der Waals surface area (Å²) in [5, 5.41) is 2.86. The van der Waals surface area contributed by atoms with Crippen LogP contribution in [0.5, 0.6) is 0 Å². The first kappa shape index (κ1) is 28.6. The molecule has 0 aliphatic carbocycles. The normalized spacial score (nSPS) is 11.4. The first-order valence-electron chi connectivity index (χ1n) is 11.9. The first-order chi connectivity index (χ1) is 16.9. The molecule has 0 bridgehead atoms. The highest BCUT2D eigenvalue weighted by Crippen LogP contribution is 2.32. The minimum absolute atomic E-state index is 0.0393. The Morgan fingerprint density at radius 2 is 1.46 bits per heavy atom. The summed E-state index contributed by atoms with van der Waals surface area (Å²) in [4.78, 5) is 12.5. The Balaban J connectivity index is 1.64. The van der Waals surface area contributed by atoms with Crippen LogP contribution in [0, 0.1) is 0 Å². The van der Waals surface area contributed by atoms with E-state index in [2.05, 4.69) is 12.2 Å². The van der Waals surface area contributed by atoms with Crippen molar-refractivity contribution >= 4 is 17.3 Å². The maximum Gasteiger partial charge on any atom is 0.416 e. The molecule has 0 saturated heterocycles. The molecule has 0 aromatic heterocycles. The van der Waals surface area contributed by atoms with Crippen LogP contribution in [-0.4, -0.2) is 52.2 Å². The molecule has 9 heteroatoms. The number of benzene rings is 2. The van der Waals surface area contributed by atoms with Gasteiger partial charge in [0.2, 0.25) is 0 Å². The van der Waals surface area contributed by atoms with Gasteiger partial charge in [0.05, 0.1) is 49.8 Å². The Labute approximate surface area is 204 Å². The second-order valence-corrected chi connectivity index (χ2v) is 7.78. The number of carbonyl (C=O) groups excluding carboxylic acids is 1. The van der Waals surface area contributed by atoms with E-state index in [1.807, 2.05) is 0 Å². The molecule has 0 aliphatic rings. The molecule has 6 nitrogen and oxygen atoms in total. The molecule has 0 fully saturated rings. The minimum atomic E-state index is -4.46. The average Bonchev–Trinajstić information content (AvgIpc) is 2.84. The van der Waals surface area contributed by atoms with Crippen LogP contribution in [0.1, 0.15) is 48.5 Å². The number of rotatable bonds is 17. The Hall–Kier alpha value is -2.62. The van der Waals surface area contributed by atoms with E-state index in [0.29, 0.717) is 32.1 Å². The Morgan fingerprint density at radius 1 is 0.800 bits per heavy atom. The fourth-order valence-corrected chi connectivity index (χ4v) is 3.14. The number of alkyl halides is 3. The van der Waals surface area contributed by atoms with E-state index in [4.69, 9.17) is 18.9 Å². The van der Waals surface area contributed by atoms with Crippen LogP contribution in [0.25, 0.3) is 0 Å². The van der Waals surface area contributed by atoms with Crippen LogP contribution in [0.2, 0.25) is 0 Å². The highest BCUT2D eigenvalue weighted by molar-refractivity contribution is 5.96. The van der Waals surface area contributed by atoms with Crippen LogP contribution >= 0.6 is 0 Å². The largest absolute Gasteiger partial charge is 0.460 e. The predicted octanol–water partition coefficient (Wildman–Crippen LogP) is 6.24. The summed E-state index contributed by atoms with van der Waals surface area (Å²) < 4.78 is 60.4. The molecular formula is C26H34F3NO5. The summed E-state index contributed by atoms with van der Waals surface area (Å²) in [7, 11) is 0. The van der Waals surface area contributed by atoms with Crippen molar-refractivity contribution in [2.45, 2.75) is 38.8 Å². The fourth-order valence-electron chi connectivity index (χ4n) is 3.14. The van der Waals surface area contributed by atoms with Gasteiger partial charge in [-0.25, -0.2) is 4.79 Å². The number of nitrogens with one attached hydrogen (secondary N) is 1. The quantitative estimate of drug-likeness (QED) is 0.206. The van der Waals surface area contributed by atoms with E-state index in [9.17, 15) is 18.0 Å². The van der Waals surface area contributed by atoms with Crippen molar-refractivity contribution in [3.05, 3.63) is 59.7 Å². The van der Waals surface area contributed by atoms with Gasteiger partial charge < -0.3 is 24.3 Å². The number of unbranched alkanes of at least 4 members (excludes halogenated alkanes) is 3. The third kappa shape index (κ3) is 11.6. The molecule has 2 aromatic rings. The van der Waals surface area contributed by atoms with Crippen molar-refractivity contribution in [1.29, 1.82) is 0 Å². The standard InChI is InChI=1S/C26H34F3NO5/c1-2-3-4-7-13-32-14-15-33-16-17-34-18-19-35-25(31)23-11-5-6-12-24(23)30-22-10-8-9-21(20-22)26(27,28)29/h5-6,8-12,20,30H,2-4,7,13-19H2,1H3. The van der Waals surface area contributed by atoms with E-state index in [0.717, 1.165) is 25.2 Å². The lowest BCUT2D eigenvalue weighted by molar-refractivity contribution is -0.137. The number of halogens is 3. The van der Waals surface area contributed by atoms with E-state index < -0.39 is 17.7 Å². The first-order valence-corrected chi connectivity index (χ1v) is 11.9. The summed E-state index contributed by atoms with van der Waals surface area (Å²) in [5.41, 5.74) is -0.00872. The fraction of sp³-hybridized carbons (Fsp3) is 0.500. The van der Waals surface area contributed by atoms with E-state index in [1.54, 1.807) is 24.3 Å². The number of esters is 1. The van der Waals surface area contributed by atoms with Gasteiger partial charge in [0.25, 0.3) is 0 Å².